The number of para-hydroxylation sites is 2. The van der Waals surface area contributed by atoms with E-state index in [2.05, 4.69) is 5.32 Å². The summed E-state index contributed by atoms with van der Waals surface area (Å²) in [6, 6.07) is 11.4. The third-order valence-electron chi connectivity index (χ3n) is 3.65. The Bertz CT molecular complexity index is 674. The molecule has 2 aromatic carbocycles. The van der Waals surface area contributed by atoms with Gasteiger partial charge in [0.15, 0.2) is 17.6 Å². The molecular weight excluding hydrogens is 335 g/mol. The van der Waals surface area contributed by atoms with Crippen molar-refractivity contribution in [1.82, 2.24) is 5.32 Å². The van der Waals surface area contributed by atoms with E-state index in [9.17, 15) is 18.3 Å². The minimum absolute atomic E-state index is 0.209. The van der Waals surface area contributed by atoms with Gasteiger partial charge in [-0.05, 0) is 36.9 Å². The van der Waals surface area contributed by atoms with E-state index in [1.807, 2.05) is 0 Å². The van der Waals surface area contributed by atoms with Crippen LogP contribution in [0.4, 0.5) is 13.2 Å². The van der Waals surface area contributed by atoms with E-state index in [0.717, 1.165) is 12.1 Å². The van der Waals surface area contributed by atoms with Gasteiger partial charge in [0, 0.05) is 6.54 Å². The first-order chi connectivity index (χ1) is 11.9. The SMILES string of the molecule is CNCC(O)C(Oc1ccccc1OC)c1ccc(C(F)(F)F)cc1. The van der Waals surface area contributed by atoms with Gasteiger partial charge in [0.2, 0.25) is 0 Å². The van der Waals surface area contributed by atoms with Crippen molar-refractivity contribution in [2.45, 2.75) is 18.4 Å². The van der Waals surface area contributed by atoms with E-state index in [1.54, 1.807) is 31.3 Å². The van der Waals surface area contributed by atoms with Crippen LogP contribution in [0.25, 0.3) is 0 Å². The predicted molar refractivity (Wildman–Crippen MR) is 87.7 cm³/mol. The quantitative estimate of drug-likeness (QED) is 0.799. The molecule has 0 aliphatic heterocycles. The Hall–Kier alpha value is -2.25. The van der Waals surface area contributed by atoms with Gasteiger partial charge < -0.3 is 19.9 Å². The molecule has 0 spiro atoms. The van der Waals surface area contributed by atoms with Crippen molar-refractivity contribution >= 4 is 0 Å². The fraction of sp³-hybridized carbons (Fsp3) is 0.333. The molecule has 0 saturated carbocycles. The van der Waals surface area contributed by atoms with Crippen LogP contribution in [-0.4, -0.2) is 31.9 Å². The average molecular weight is 355 g/mol. The van der Waals surface area contributed by atoms with Crippen LogP contribution in [0.1, 0.15) is 17.2 Å². The minimum atomic E-state index is -4.42. The molecular formula is C18H20F3NO3. The van der Waals surface area contributed by atoms with Crippen LogP contribution in [0.2, 0.25) is 0 Å². The number of aliphatic hydroxyl groups excluding tert-OH is 1. The molecule has 2 unspecified atom stereocenters. The molecule has 0 aliphatic rings. The van der Waals surface area contributed by atoms with E-state index in [-0.39, 0.29) is 6.54 Å². The average Bonchev–Trinajstić information content (AvgIpc) is 2.59. The largest absolute Gasteiger partial charge is 0.493 e. The highest BCUT2D eigenvalue weighted by Gasteiger charge is 2.31. The van der Waals surface area contributed by atoms with Crippen LogP contribution in [-0.2, 0) is 6.18 Å². The van der Waals surface area contributed by atoms with E-state index < -0.39 is 23.9 Å². The van der Waals surface area contributed by atoms with Crippen molar-refractivity contribution in [2.24, 2.45) is 0 Å². The summed E-state index contributed by atoms with van der Waals surface area (Å²) >= 11 is 0. The molecule has 0 amide bonds. The van der Waals surface area contributed by atoms with E-state index in [1.165, 1.54) is 19.2 Å². The van der Waals surface area contributed by atoms with E-state index in [4.69, 9.17) is 9.47 Å². The smallest absolute Gasteiger partial charge is 0.416 e. The lowest BCUT2D eigenvalue weighted by atomic mass is 10.0. The first kappa shape index (κ1) is 19.1. The summed E-state index contributed by atoms with van der Waals surface area (Å²) in [4.78, 5) is 0. The highest BCUT2D eigenvalue weighted by atomic mass is 19.4. The number of aliphatic hydroxyl groups is 1. The zero-order chi connectivity index (χ0) is 18.4. The molecule has 25 heavy (non-hydrogen) atoms. The highest BCUT2D eigenvalue weighted by Crippen LogP contribution is 2.34. The van der Waals surface area contributed by atoms with Crippen molar-refractivity contribution < 1.29 is 27.8 Å². The van der Waals surface area contributed by atoms with Crippen LogP contribution >= 0.6 is 0 Å². The zero-order valence-corrected chi connectivity index (χ0v) is 13.9. The highest BCUT2D eigenvalue weighted by molar-refractivity contribution is 5.40. The summed E-state index contributed by atoms with van der Waals surface area (Å²) in [6.45, 7) is 0.209. The summed E-state index contributed by atoms with van der Waals surface area (Å²) < 4.78 is 49.3. The lowest BCUT2D eigenvalue weighted by Crippen LogP contribution is -2.32. The second-order valence-electron chi connectivity index (χ2n) is 5.43. The number of methoxy groups -OCH3 is 1. The Balaban J connectivity index is 2.33. The monoisotopic (exact) mass is 355 g/mol. The molecule has 0 saturated heterocycles. The Morgan fingerprint density at radius 1 is 1.04 bits per heavy atom. The molecule has 2 aromatic rings. The van der Waals surface area contributed by atoms with Gasteiger partial charge in [-0.15, -0.1) is 0 Å². The number of rotatable bonds is 7. The minimum Gasteiger partial charge on any atom is -0.493 e. The number of hydrogen-bond donors (Lipinski definition) is 2. The molecule has 0 aliphatic carbocycles. The second-order valence-corrected chi connectivity index (χ2v) is 5.43. The van der Waals surface area contributed by atoms with Crippen molar-refractivity contribution in [3.05, 3.63) is 59.7 Å². The molecule has 0 radical (unpaired) electrons. The predicted octanol–water partition coefficient (Wildman–Crippen LogP) is 3.41. The van der Waals surface area contributed by atoms with Crippen LogP contribution in [0.3, 0.4) is 0 Å². The van der Waals surface area contributed by atoms with Gasteiger partial charge in [-0.1, -0.05) is 24.3 Å². The molecule has 7 heteroatoms. The molecule has 0 heterocycles. The normalized spacial score (nSPS) is 14.0. The first-order valence-corrected chi connectivity index (χ1v) is 7.66. The Morgan fingerprint density at radius 3 is 2.16 bits per heavy atom. The van der Waals surface area contributed by atoms with Crippen LogP contribution < -0.4 is 14.8 Å². The van der Waals surface area contributed by atoms with Gasteiger partial charge in [-0.3, -0.25) is 0 Å². The Labute approximate surface area is 144 Å². The maximum Gasteiger partial charge on any atom is 0.416 e. The number of likely N-dealkylation sites (N-methyl/N-ethyl adjacent to an activating group) is 1. The third-order valence-corrected chi connectivity index (χ3v) is 3.65. The first-order valence-electron chi connectivity index (χ1n) is 7.66. The van der Waals surface area contributed by atoms with E-state index >= 15 is 0 Å². The number of halogens is 3. The molecule has 2 N–H and O–H groups in total. The number of ether oxygens (including phenoxy) is 2. The summed E-state index contributed by atoms with van der Waals surface area (Å²) in [5, 5.41) is 13.2. The van der Waals surface area contributed by atoms with Gasteiger partial charge >= 0.3 is 6.18 Å². The topological polar surface area (TPSA) is 50.7 Å². The summed E-state index contributed by atoms with van der Waals surface area (Å²) in [5.74, 6) is 0.862. The van der Waals surface area contributed by atoms with Gasteiger partial charge in [0.25, 0.3) is 0 Å². The number of alkyl halides is 3. The van der Waals surface area contributed by atoms with Crippen molar-refractivity contribution in [1.29, 1.82) is 0 Å². The Morgan fingerprint density at radius 2 is 1.64 bits per heavy atom. The van der Waals surface area contributed by atoms with Crippen LogP contribution in [0, 0.1) is 0 Å². The molecule has 4 nitrogen and oxygen atoms in total. The molecule has 0 bridgehead atoms. The maximum atomic E-state index is 12.7. The van der Waals surface area contributed by atoms with Crippen molar-refractivity contribution in [3.63, 3.8) is 0 Å². The molecule has 2 rings (SSSR count). The van der Waals surface area contributed by atoms with Crippen LogP contribution in [0.5, 0.6) is 11.5 Å². The third kappa shape index (κ3) is 4.87. The van der Waals surface area contributed by atoms with Crippen molar-refractivity contribution in [2.75, 3.05) is 20.7 Å². The second kappa shape index (κ2) is 8.22. The van der Waals surface area contributed by atoms with Gasteiger partial charge in [0.05, 0.1) is 12.7 Å². The standard InChI is InChI=1S/C18H20F3NO3/c1-22-11-14(23)17(25-16-6-4-3-5-15(16)24-2)12-7-9-13(10-8-12)18(19,20)21/h3-10,14,17,22-23H,11H2,1-2H3. The fourth-order valence-electron chi connectivity index (χ4n) is 2.40. The lowest BCUT2D eigenvalue weighted by Gasteiger charge is -2.25. The fourth-order valence-corrected chi connectivity index (χ4v) is 2.40. The molecule has 2 atom stereocenters. The zero-order valence-electron chi connectivity index (χ0n) is 13.9. The van der Waals surface area contributed by atoms with Gasteiger partial charge in [-0.2, -0.15) is 13.2 Å². The molecule has 0 fully saturated rings. The maximum absolute atomic E-state index is 12.7. The molecule has 136 valence electrons. The number of hydrogen-bond acceptors (Lipinski definition) is 4. The number of benzene rings is 2. The van der Waals surface area contributed by atoms with Crippen molar-refractivity contribution in [3.8, 4) is 11.5 Å². The van der Waals surface area contributed by atoms with Gasteiger partial charge in [0.1, 0.15) is 6.10 Å². The number of nitrogens with one attached hydrogen (secondary N) is 1. The summed E-state index contributed by atoms with van der Waals surface area (Å²) in [5.41, 5.74) is -0.322. The summed E-state index contributed by atoms with van der Waals surface area (Å²) in [6.07, 6.45) is -6.24. The van der Waals surface area contributed by atoms with E-state index in [0.29, 0.717) is 17.1 Å². The van der Waals surface area contributed by atoms with Crippen LogP contribution in [0.15, 0.2) is 48.5 Å². The van der Waals surface area contributed by atoms with Gasteiger partial charge in [-0.25, -0.2) is 0 Å². The summed E-state index contributed by atoms with van der Waals surface area (Å²) in [7, 11) is 3.15. The lowest BCUT2D eigenvalue weighted by molar-refractivity contribution is -0.137. The Kier molecular flexibility index (Phi) is 6.27. The molecule has 0 aromatic heterocycles.